The first-order valence-electron chi connectivity index (χ1n) is 6.28. The molecule has 1 atom stereocenters. The Morgan fingerprint density at radius 2 is 1.60 bits per heavy atom. The summed E-state index contributed by atoms with van der Waals surface area (Å²) in [5.74, 6) is 0.0888. The molecule has 4 heteroatoms. The molecule has 0 saturated heterocycles. The van der Waals surface area contributed by atoms with Crippen molar-refractivity contribution in [1.29, 1.82) is 0 Å². The average molecular weight is 376 g/mol. The Kier molecular flexibility index (Phi) is 5.11. The van der Waals surface area contributed by atoms with Gasteiger partial charge in [-0.1, -0.05) is 49.7 Å². The van der Waals surface area contributed by atoms with E-state index in [0.29, 0.717) is 21.0 Å². The Labute approximate surface area is 137 Å². The summed E-state index contributed by atoms with van der Waals surface area (Å²) in [6.45, 7) is 4.25. The third kappa shape index (κ3) is 3.36. The smallest absolute Gasteiger partial charge is 0.129 e. The Morgan fingerprint density at radius 1 is 1.05 bits per heavy atom. The number of hydrogen-bond acceptors (Lipinski definition) is 0. The van der Waals surface area contributed by atoms with Crippen LogP contribution in [0.15, 0.2) is 40.9 Å². The third-order valence-corrected chi connectivity index (χ3v) is 4.89. The molecule has 20 heavy (non-hydrogen) atoms. The summed E-state index contributed by atoms with van der Waals surface area (Å²) in [7, 11) is 0. The summed E-state index contributed by atoms with van der Waals surface area (Å²) in [6.07, 6.45) is 0. The molecule has 1 unspecified atom stereocenters. The quantitative estimate of drug-likeness (QED) is 0.413. The molecule has 0 spiro atoms. The van der Waals surface area contributed by atoms with E-state index in [-0.39, 0.29) is 5.82 Å². The largest absolute Gasteiger partial charge is 0.207 e. The first kappa shape index (κ1) is 15.8. The summed E-state index contributed by atoms with van der Waals surface area (Å²) in [4.78, 5) is 0. The lowest BCUT2D eigenvalue weighted by Crippen LogP contribution is -1.98. The van der Waals surface area contributed by atoms with Crippen molar-refractivity contribution in [1.82, 2.24) is 0 Å². The molecule has 0 radical (unpaired) electrons. The van der Waals surface area contributed by atoms with Gasteiger partial charge in [0.05, 0.1) is 10.4 Å². The minimum atomic E-state index is -0.554. The summed E-state index contributed by atoms with van der Waals surface area (Å²) in [6, 6.07) is 10.8. The summed E-state index contributed by atoms with van der Waals surface area (Å²) >= 11 is 15.6. The van der Waals surface area contributed by atoms with E-state index in [1.165, 1.54) is 11.6 Å². The van der Waals surface area contributed by atoms with Gasteiger partial charge in [-0.2, -0.15) is 0 Å². The Morgan fingerprint density at radius 3 is 2.15 bits per heavy atom. The molecule has 0 saturated carbocycles. The van der Waals surface area contributed by atoms with Gasteiger partial charge in [0.15, 0.2) is 0 Å². The molecule has 0 bridgehead atoms. The predicted octanol–water partition coefficient (Wildman–Crippen LogP) is 6.69. The minimum absolute atomic E-state index is 0.366. The normalized spacial score (nSPS) is 12.8. The first-order valence-corrected chi connectivity index (χ1v) is 7.89. The van der Waals surface area contributed by atoms with Crippen LogP contribution in [0.5, 0.6) is 0 Å². The molecule has 0 fully saturated rings. The van der Waals surface area contributed by atoms with Gasteiger partial charge in [0.25, 0.3) is 0 Å². The maximum Gasteiger partial charge on any atom is 0.129 e. The van der Waals surface area contributed by atoms with Crippen molar-refractivity contribution in [2.45, 2.75) is 25.1 Å². The van der Waals surface area contributed by atoms with Crippen LogP contribution in [-0.4, -0.2) is 0 Å². The van der Waals surface area contributed by atoms with Crippen molar-refractivity contribution in [3.05, 3.63) is 68.4 Å². The van der Waals surface area contributed by atoms with Crippen LogP contribution in [0.1, 0.15) is 41.8 Å². The number of halogens is 4. The zero-order valence-electron chi connectivity index (χ0n) is 11.1. The second kappa shape index (κ2) is 6.46. The fourth-order valence-corrected chi connectivity index (χ4v) is 2.76. The number of hydrogen-bond donors (Lipinski definition) is 0. The van der Waals surface area contributed by atoms with Crippen LogP contribution >= 0.6 is 39.1 Å². The van der Waals surface area contributed by atoms with Crippen LogP contribution in [0.4, 0.5) is 4.39 Å². The second-order valence-electron chi connectivity index (χ2n) is 4.97. The first-order chi connectivity index (χ1) is 9.40. The van der Waals surface area contributed by atoms with Crippen LogP contribution in [-0.2, 0) is 0 Å². The van der Waals surface area contributed by atoms with Crippen molar-refractivity contribution < 1.29 is 4.39 Å². The average Bonchev–Trinajstić information content (AvgIpc) is 2.42. The van der Waals surface area contributed by atoms with Crippen molar-refractivity contribution in [2.75, 3.05) is 0 Å². The molecular weight excluding hydrogens is 362 g/mol. The molecule has 106 valence electrons. The molecule has 2 aromatic rings. The third-order valence-electron chi connectivity index (χ3n) is 3.21. The van der Waals surface area contributed by atoms with E-state index in [4.69, 9.17) is 23.2 Å². The highest BCUT2D eigenvalue weighted by Gasteiger charge is 2.17. The van der Waals surface area contributed by atoms with E-state index in [0.717, 1.165) is 5.56 Å². The number of benzene rings is 2. The lowest BCUT2D eigenvalue weighted by atomic mass is 9.98. The highest BCUT2D eigenvalue weighted by atomic mass is 79.9. The van der Waals surface area contributed by atoms with Gasteiger partial charge in [-0.05, 0) is 45.1 Å². The SMILES string of the molecule is CC(C)c1ccc(C(Cl)c2cc(Cl)c(Br)cc2F)cc1. The molecule has 0 nitrogen and oxygen atoms in total. The van der Waals surface area contributed by atoms with Crippen LogP contribution in [0.25, 0.3) is 0 Å². The predicted molar refractivity (Wildman–Crippen MR) is 87.3 cm³/mol. The van der Waals surface area contributed by atoms with Crippen molar-refractivity contribution in [2.24, 2.45) is 0 Å². The fraction of sp³-hybridized carbons (Fsp3) is 0.250. The van der Waals surface area contributed by atoms with Crippen LogP contribution in [0, 0.1) is 5.82 Å². The molecule has 0 aliphatic carbocycles. The molecule has 2 aromatic carbocycles. The second-order valence-corrected chi connectivity index (χ2v) is 6.67. The highest BCUT2D eigenvalue weighted by Crippen LogP contribution is 2.35. The van der Waals surface area contributed by atoms with Gasteiger partial charge in [-0.3, -0.25) is 0 Å². The van der Waals surface area contributed by atoms with Crippen LogP contribution < -0.4 is 0 Å². The van der Waals surface area contributed by atoms with E-state index >= 15 is 0 Å². The Bertz CT molecular complexity index is 609. The zero-order chi connectivity index (χ0) is 14.9. The van der Waals surface area contributed by atoms with E-state index in [2.05, 4.69) is 29.8 Å². The van der Waals surface area contributed by atoms with E-state index in [1.54, 1.807) is 6.07 Å². The Hall–Kier alpha value is -0.570. The van der Waals surface area contributed by atoms with Gasteiger partial charge in [-0.25, -0.2) is 4.39 Å². The molecule has 0 aliphatic heterocycles. The standard InChI is InChI=1S/C16H14BrCl2F/c1-9(2)10-3-5-11(6-4-10)16(19)12-7-14(18)13(17)8-15(12)20/h3-9,16H,1-2H3. The number of alkyl halides is 1. The topological polar surface area (TPSA) is 0 Å². The lowest BCUT2D eigenvalue weighted by molar-refractivity contribution is 0.611. The summed E-state index contributed by atoms with van der Waals surface area (Å²) < 4.78 is 14.5. The molecule has 0 aliphatic rings. The lowest BCUT2D eigenvalue weighted by Gasteiger charge is -2.14. The molecule has 0 amide bonds. The molecule has 0 aromatic heterocycles. The van der Waals surface area contributed by atoms with Gasteiger partial charge in [0.1, 0.15) is 5.82 Å². The van der Waals surface area contributed by atoms with E-state index < -0.39 is 5.38 Å². The number of rotatable bonds is 3. The van der Waals surface area contributed by atoms with Gasteiger partial charge < -0.3 is 0 Å². The summed E-state index contributed by atoms with van der Waals surface area (Å²) in [5, 5.41) is -0.104. The van der Waals surface area contributed by atoms with E-state index in [1.807, 2.05) is 24.3 Å². The van der Waals surface area contributed by atoms with E-state index in [9.17, 15) is 4.39 Å². The fourth-order valence-electron chi connectivity index (χ4n) is 1.96. The summed E-state index contributed by atoms with van der Waals surface area (Å²) in [5.41, 5.74) is 2.47. The zero-order valence-corrected chi connectivity index (χ0v) is 14.2. The Balaban J connectivity index is 2.36. The van der Waals surface area contributed by atoms with Crippen molar-refractivity contribution in [3.8, 4) is 0 Å². The van der Waals surface area contributed by atoms with Crippen molar-refractivity contribution >= 4 is 39.1 Å². The molecule has 2 rings (SSSR count). The van der Waals surface area contributed by atoms with Crippen LogP contribution in [0.3, 0.4) is 0 Å². The van der Waals surface area contributed by atoms with Gasteiger partial charge in [0, 0.05) is 10.0 Å². The highest BCUT2D eigenvalue weighted by molar-refractivity contribution is 9.10. The molecule has 0 N–H and O–H groups in total. The van der Waals surface area contributed by atoms with Crippen molar-refractivity contribution in [3.63, 3.8) is 0 Å². The minimum Gasteiger partial charge on any atom is -0.207 e. The van der Waals surface area contributed by atoms with Gasteiger partial charge >= 0.3 is 0 Å². The molecular formula is C16H14BrCl2F. The van der Waals surface area contributed by atoms with Gasteiger partial charge in [0.2, 0.25) is 0 Å². The van der Waals surface area contributed by atoms with Crippen LogP contribution in [0.2, 0.25) is 5.02 Å². The van der Waals surface area contributed by atoms with Gasteiger partial charge in [-0.15, -0.1) is 11.6 Å². The maximum atomic E-state index is 14.0. The molecule has 0 heterocycles. The maximum absolute atomic E-state index is 14.0. The monoisotopic (exact) mass is 374 g/mol.